The first-order valence-electron chi connectivity index (χ1n) is 11.5. The fourth-order valence-corrected chi connectivity index (χ4v) is 4.82. The summed E-state index contributed by atoms with van der Waals surface area (Å²) in [4.78, 5) is 27.3. The molecule has 1 aliphatic carbocycles. The fraction of sp³-hybridized carbons (Fsp3) is 0.346. The number of hydrogen-bond donors (Lipinski definition) is 1. The molecular formula is C26H28N4O3. The van der Waals surface area contributed by atoms with E-state index in [0.717, 1.165) is 30.6 Å². The molecule has 2 heterocycles. The van der Waals surface area contributed by atoms with Crippen LogP contribution in [-0.4, -0.2) is 34.2 Å². The predicted octanol–water partition coefficient (Wildman–Crippen LogP) is 4.26. The summed E-state index contributed by atoms with van der Waals surface area (Å²) in [5.74, 6) is 1.11. The van der Waals surface area contributed by atoms with Gasteiger partial charge in [0.15, 0.2) is 6.10 Å². The van der Waals surface area contributed by atoms with Crippen molar-refractivity contribution in [2.45, 2.75) is 51.7 Å². The molecule has 170 valence electrons. The second-order valence-corrected chi connectivity index (χ2v) is 8.74. The first-order chi connectivity index (χ1) is 16.0. The number of aromatic nitrogens is 2. The Morgan fingerprint density at radius 2 is 1.97 bits per heavy atom. The zero-order valence-corrected chi connectivity index (χ0v) is 19.0. The molecule has 0 bridgehead atoms. The van der Waals surface area contributed by atoms with Gasteiger partial charge in [-0.05, 0) is 56.4 Å². The smallest absolute Gasteiger partial charge is 0.267 e. The number of aryl methyl sites for hydroxylation is 2. The monoisotopic (exact) mass is 444 g/mol. The number of hydrogen-bond acceptors (Lipinski definition) is 4. The van der Waals surface area contributed by atoms with Gasteiger partial charge in [0.25, 0.3) is 5.91 Å². The number of amides is 2. The molecule has 0 radical (unpaired) electrons. The van der Waals surface area contributed by atoms with Crippen LogP contribution in [0.1, 0.15) is 48.9 Å². The summed E-state index contributed by atoms with van der Waals surface area (Å²) in [6, 6.07) is 16.0. The van der Waals surface area contributed by atoms with E-state index in [1.54, 1.807) is 18.0 Å². The van der Waals surface area contributed by atoms with Gasteiger partial charge in [-0.1, -0.05) is 36.4 Å². The number of benzene rings is 2. The summed E-state index contributed by atoms with van der Waals surface area (Å²) in [7, 11) is 0. The van der Waals surface area contributed by atoms with Crippen molar-refractivity contribution < 1.29 is 14.3 Å². The van der Waals surface area contributed by atoms with Gasteiger partial charge in [0, 0.05) is 18.5 Å². The zero-order chi connectivity index (χ0) is 22.9. The van der Waals surface area contributed by atoms with Gasteiger partial charge in [0.2, 0.25) is 5.91 Å². The summed E-state index contributed by atoms with van der Waals surface area (Å²) in [5.41, 5.74) is 4.24. The number of anilines is 2. The molecule has 3 aromatic rings. The number of nitrogens with one attached hydrogen (secondary N) is 1. The van der Waals surface area contributed by atoms with E-state index < -0.39 is 6.10 Å². The molecule has 2 unspecified atom stereocenters. The lowest BCUT2D eigenvalue weighted by molar-refractivity contribution is -0.125. The van der Waals surface area contributed by atoms with Gasteiger partial charge in [-0.15, -0.1) is 0 Å². The summed E-state index contributed by atoms with van der Waals surface area (Å²) < 4.78 is 7.64. The third kappa shape index (κ3) is 3.99. The SMILES string of the molecule is Cc1cnn(C2CCCc3ccccc32)c1NC(=O)CCN1C(=O)C(C)Oc2ccccc21. The van der Waals surface area contributed by atoms with Gasteiger partial charge in [-0.25, -0.2) is 4.68 Å². The second-order valence-electron chi connectivity index (χ2n) is 8.74. The molecule has 2 atom stereocenters. The number of ether oxygens (including phenoxy) is 1. The number of para-hydroxylation sites is 2. The Bertz CT molecular complexity index is 1200. The lowest BCUT2D eigenvalue weighted by Gasteiger charge is -2.32. The van der Waals surface area contributed by atoms with Crippen molar-refractivity contribution in [2.24, 2.45) is 0 Å². The Hall–Kier alpha value is -3.61. The maximum absolute atomic E-state index is 13.0. The molecule has 0 saturated carbocycles. The van der Waals surface area contributed by atoms with E-state index in [9.17, 15) is 9.59 Å². The molecule has 0 saturated heterocycles. The Kier molecular flexibility index (Phi) is 5.62. The van der Waals surface area contributed by atoms with Crippen LogP contribution >= 0.6 is 0 Å². The van der Waals surface area contributed by atoms with Crippen molar-refractivity contribution in [1.82, 2.24) is 9.78 Å². The molecule has 1 aromatic heterocycles. The molecule has 7 nitrogen and oxygen atoms in total. The lowest BCUT2D eigenvalue weighted by atomic mass is 9.88. The van der Waals surface area contributed by atoms with E-state index in [0.29, 0.717) is 11.4 Å². The zero-order valence-electron chi connectivity index (χ0n) is 19.0. The molecule has 33 heavy (non-hydrogen) atoms. The molecule has 7 heteroatoms. The molecule has 2 aromatic carbocycles. The normalized spacial score (nSPS) is 19.5. The van der Waals surface area contributed by atoms with Crippen molar-refractivity contribution in [3.05, 3.63) is 71.4 Å². The Morgan fingerprint density at radius 1 is 1.18 bits per heavy atom. The lowest BCUT2D eigenvalue weighted by Crippen LogP contribution is -2.45. The molecule has 5 rings (SSSR count). The van der Waals surface area contributed by atoms with Crippen LogP contribution in [0.25, 0.3) is 0 Å². The first kappa shape index (κ1) is 21.2. The fourth-order valence-electron chi connectivity index (χ4n) is 4.82. The summed E-state index contributed by atoms with van der Waals surface area (Å²) in [5, 5.41) is 7.68. The molecule has 0 fully saturated rings. The highest BCUT2D eigenvalue weighted by atomic mass is 16.5. The van der Waals surface area contributed by atoms with E-state index in [2.05, 4.69) is 34.7 Å². The van der Waals surface area contributed by atoms with E-state index in [1.807, 2.05) is 35.9 Å². The average molecular weight is 445 g/mol. The highest BCUT2D eigenvalue weighted by molar-refractivity contribution is 6.00. The maximum atomic E-state index is 13.0. The van der Waals surface area contributed by atoms with Crippen LogP contribution in [0.4, 0.5) is 11.5 Å². The number of carbonyl (C=O) groups excluding carboxylic acids is 2. The summed E-state index contributed by atoms with van der Waals surface area (Å²) in [6.07, 6.45) is 4.55. The number of nitrogens with zero attached hydrogens (tertiary/aromatic N) is 3. The Morgan fingerprint density at radius 3 is 2.85 bits per heavy atom. The molecular weight excluding hydrogens is 416 g/mol. The average Bonchev–Trinajstić information content (AvgIpc) is 3.18. The van der Waals surface area contributed by atoms with Crippen LogP contribution in [-0.2, 0) is 16.0 Å². The quantitative estimate of drug-likeness (QED) is 0.638. The van der Waals surface area contributed by atoms with Crippen LogP contribution in [0.5, 0.6) is 5.75 Å². The number of rotatable bonds is 5. The second kappa shape index (κ2) is 8.73. The standard InChI is InChI=1S/C26H28N4O3/c1-17-16-27-30(21-12-7-9-19-8-3-4-10-20(19)21)25(17)28-24(31)14-15-29-22-11-5-6-13-23(22)33-18(2)26(29)32/h3-6,8,10-11,13,16,18,21H,7,9,12,14-15H2,1-2H3,(H,28,31). The molecule has 0 spiro atoms. The number of carbonyl (C=O) groups is 2. The largest absolute Gasteiger partial charge is 0.479 e. The molecule has 1 N–H and O–H groups in total. The van der Waals surface area contributed by atoms with E-state index in [-0.39, 0.29) is 30.8 Å². The minimum atomic E-state index is -0.571. The minimum absolute atomic E-state index is 0.104. The van der Waals surface area contributed by atoms with Gasteiger partial charge in [0.1, 0.15) is 11.6 Å². The highest BCUT2D eigenvalue weighted by Gasteiger charge is 2.31. The summed E-state index contributed by atoms with van der Waals surface area (Å²) in [6.45, 7) is 3.97. The third-order valence-electron chi connectivity index (χ3n) is 6.51. The van der Waals surface area contributed by atoms with Gasteiger partial charge < -0.3 is 15.0 Å². The molecule has 1 aliphatic heterocycles. The Balaban J connectivity index is 1.32. The third-order valence-corrected chi connectivity index (χ3v) is 6.51. The van der Waals surface area contributed by atoms with Crippen LogP contribution < -0.4 is 15.0 Å². The highest BCUT2D eigenvalue weighted by Crippen LogP contribution is 2.36. The predicted molar refractivity (Wildman–Crippen MR) is 127 cm³/mol. The minimum Gasteiger partial charge on any atom is -0.479 e. The van der Waals surface area contributed by atoms with Gasteiger partial charge in [-0.2, -0.15) is 5.10 Å². The van der Waals surface area contributed by atoms with Gasteiger partial charge in [-0.3, -0.25) is 9.59 Å². The van der Waals surface area contributed by atoms with Crippen molar-refractivity contribution >= 4 is 23.3 Å². The van der Waals surface area contributed by atoms with Crippen LogP contribution in [0.3, 0.4) is 0 Å². The van der Waals surface area contributed by atoms with Crippen LogP contribution in [0, 0.1) is 6.92 Å². The van der Waals surface area contributed by atoms with E-state index >= 15 is 0 Å². The van der Waals surface area contributed by atoms with Crippen molar-refractivity contribution in [3.8, 4) is 5.75 Å². The van der Waals surface area contributed by atoms with Crippen molar-refractivity contribution in [2.75, 3.05) is 16.8 Å². The van der Waals surface area contributed by atoms with Crippen LogP contribution in [0.15, 0.2) is 54.7 Å². The molecule has 2 aliphatic rings. The van der Waals surface area contributed by atoms with Gasteiger partial charge in [0.05, 0.1) is 17.9 Å². The van der Waals surface area contributed by atoms with Crippen molar-refractivity contribution in [3.63, 3.8) is 0 Å². The van der Waals surface area contributed by atoms with Gasteiger partial charge >= 0.3 is 0 Å². The topological polar surface area (TPSA) is 76.5 Å². The Labute approximate surface area is 193 Å². The van der Waals surface area contributed by atoms with E-state index in [1.165, 1.54) is 11.1 Å². The van der Waals surface area contributed by atoms with Crippen molar-refractivity contribution in [1.29, 1.82) is 0 Å². The molecule has 2 amide bonds. The first-order valence-corrected chi connectivity index (χ1v) is 11.5. The van der Waals surface area contributed by atoms with Crippen LogP contribution in [0.2, 0.25) is 0 Å². The van der Waals surface area contributed by atoms with E-state index in [4.69, 9.17) is 4.74 Å². The maximum Gasteiger partial charge on any atom is 0.267 e. The number of fused-ring (bicyclic) bond motifs is 2. The summed E-state index contributed by atoms with van der Waals surface area (Å²) >= 11 is 0.